The molecule has 0 nitrogen and oxygen atoms in total. The van der Waals surface area contributed by atoms with E-state index in [1.165, 1.54) is 102 Å². The molecule has 0 heterocycles. The Morgan fingerprint density at radius 1 is 0.750 bits per heavy atom. The van der Waals surface area contributed by atoms with E-state index in [1.54, 1.807) is 0 Å². The maximum atomic E-state index is 4.18. The SMILES string of the molecule is C=CC(CCCCCCCCCCCCCCC)[P+](C)(C)Cc1ccccc1. The molecule has 0 amide bonds. The molecule has 1 aromatic carbocycles. The van der Waals surface area contributed by atoms with E-state index in [1.807, 2.05) is 0 Å². The first-order valence-corrected chi connectivity index (χ1v) is 15.0. The van der Waals surface area contributed by atoms with Gasteiger partial charge in [0, 0.05) is 20.6 Å². The van der Waals surface area contributed by atoms with Gasteiger partial charge in [0.05, 0.1) is 11.8 Å². The fourth-order valence-corrected chi connectivity index (χ4v) is 7.13. The van der Waals surface area contributed by atoms with Crippen LogP contribution in [0, 0.1) is 0 Å². The summed E-state index contributed by atoms with van der Waals surface area (Å²) in [7, 11) is -0.977. The Morgan fingerprint density at radius 3 is 1.68 bits per heavy atom. The lowest BCUT2D eigenvalue weighted by Gasteiger charge is -2.26. The van der Waals surface area contributed by atoms with Crippen molar-refractivity contribution in [3.05, 3.63) is 48.6 Å². The maximum Gasteiger partial charge on any atom is 0.0871 e. The Kier molecular flexibility index (Phi) is 14.7. The van der Waals surface area contributed by atoms with E-state index in [0.717, 1.165) is 5.66 Å². The molecule has 1 aromatic rings. The van der Waals surface area contributed by atoms with Crippen molar-refractivity contribution in [2.75, 3.05) is 13.3 Å². The second kappa shape index (κ2) is 16.2. The Hall–Kier alpha value is -0.610. The first-order valence-electron chi connectivity index (χ1n) is 12.1. The van der Waals surface area contributed by atoms with Crippen LogP contribution in [0.25, 0.3) is 0 Å². The maximum absolute atomic E-state index is 4.18. The molecule has 160 valence electrons. The molecule has 0 saturated carbocycles. The van der Waals surface area contributed by atoms with Gasteiger partial charge in [0.15, 0.2) is 0 Å². The van der Waals surface area contributed by atoms with Crippen molar-refractivity contribution in [3.8, 4) is 0 Å². The molecule has 0 bridgehead atoms. The fourth-order valence-electron chi connectivity index (χ4n) is 4.30. The highest BCUT2D eigenvalue weighted by Gasteiger charge is 2.33. The summed E-state index contributed by atoms with van der Waals surface area (Å²) < 4.78 is 0. The summed E-state index contributed by atoms with van der Waals surface area (Å²) in [6, 6.07) is 11.0. The summed E-state index contributed by atoms with van der Waals surface area (Å²) in [5.74, 6) is 0. The standard InChI is InChI=1S/C27H48P/c1-5-7-8-9-10-11-12-13-14-15-16-17-21-24-27(6-2)28(3,4)25-26-22-19-18-20-23-26/h6,18-20,22-23,27H,2,5,7-17,21,24-25H2,1,3-4H3/q+1. The van der Waals surface area contributed by atoms with Gasteiger partial charge in [0.25, 0.3) is 0 Å². The quantitative estimate of drug-likeness (QED) is 0.130. The Labute approximate surface area is 177 Å². The van der Waals surface area contributed by atoms with Gasteiger partial charge in [0.1, 0.15) is 0 Å². The molecule has 1 atom stereocenters. The van der Waals surface area contributed by atoms with E-state index in [4.69, 9.17) is 0 Å². The Balaban J connectivity index is 2.05. The van der Waals surface area contributed by atoms with Gasteiger partial charge in [-0.15, -0.1) is 0 Å². The predicted octanol–water partition coefficient (Wildman–Crippen LogP) is 9.50. The number of hydrogen-bond acceptors (Lipinski definition) is 0. The van der Waals surface area contributed by atoms with E-state index < -0.39 is 7.26 Å². The number of benzene rings is 1. The highest BCUT2D eigenvalue weighted by atomic mass is 31.2. The third-order valence-electron chi connectivity index (χ3n) is 6.21. The van der Waals surface area contributed by atoms with Gasteiger partial charge >= 0.3 is 0 Å². The van der Waals surface area contributed by atoms with E-state index in [0.29, 0.717) is 0 Å². The normalized spacial score (nSPS) is 12.8. The highest BCUT2D eigenvalue weighted by molar-refractivity contribution is 7.74. The summed E-state index contributed by atoms with van der Waals surface area (Å²) >= 11 is 0. The number of rotatable bonds is 18. The van der Waals surface area contributed by atoms with Gasteiger partial charge in [-0.2, -0.15) is 0 Å². The Morgan fingerprint density at radius 2 is 1.21 bits per heavy atom. The van der Waals surface area contributed by atoms with Crippen LogP contribution in [0.2, 0.25) is 0 Å². The van der Waals surface area contributed by atoms with Crippen LogP contribution >= 0.6 is 7.26 Å². The number of hydrogen-bond donors (Lipinski definition) is 0. The van der Waals surface area contributed by atoms with Gasteiger partial charge in [-0.3, -0.25) is 0 Å². The lowest BCUT2D eigenvalue weighted by molar-refractivity contribution is 0.536. The van der Waals surface area contributed by atoms with E-state index in [9.17, 15) is 0 Å². The molecule has 0 fully saturated rings. The molecule has 1 rings (SSSR count). The van der Waals surface area contributed by atoms with Crippen LogP contribution in [-0.4, -0.2) is 19.0 Å². The summed E-state index contributed by atoms with van der Waals surface area (Å²) in [6.07, 6.45) is 23.5. The molecule has 28 heavy (non-hydrogen) atoms. The lowest BCUT2D eigenvalue weighted by Crippen LogP contribution is -2.11. The van der Waals surface area contributed by atoms with E-state index in [-0.39, 0.29) is 0 Å². The zero-order chi connectivity index (χ0) is 20.5. The van der Waals surface area contributed by atoms with Crippen LogP contribution in [-0.2, 0) is 6.16 Å². The minimum absolute atomic E-state index is 0.723. The average molecular weight is 404 g/mol. The zero-order valence-corrected chi connectivity index (χ0v) is 20.2. The molecule has 0 spiro atoms. The average Bonchev–Trinajstić information content (AvgIpc) is 2.68. The molecular formula is C27H48P+. The molecule has 1 heteroatoms. The topological polar surface area (TPSA) is 0 Å². The summed E-state index contributed by atoms with van der Waals surface area (Å²) in [4.78, 5) is 0. The lowest BCUT2D eigenvalue weighted by atomic mass is 10.0. The second-order valence-electron chi connectivity index (χ2n) is 9.26. The molecule has 0 aliphatic rings. The summed E-state index contributed by atoms with van der Waals surface area (Å²) in [5.41, 5.74) is 2.22. The summed E-state index contributed by atoms with van der Waals surface area (Å²) in [5, 5.41) is 0. The predicted molar refractivity (Wildman–Crippen MR) is 133 cm³/mol. The van der Waals surface area contributed by atoms with Crippen molar-refractivity contribution in [2.45, 2.75) is 109 Å². The minimum atomic E-state index is -0.977. The van der Waals surface area contributed by atoms with Crippen molar-refractivity contribution in [1.29, 1.82) is 0 Å². The second-order valence-corrected chi connectivity index (χ2v) is 13.8. The first kappa shape index (κ1) is 25.4. The monoisotopic (exact) mass is 403 g/mol. The summed E-state index contributed by atoms with van der Waals surface area (Å²) in [6.45, 7) is 11.5. The van der Waals surface area contributed by atoms with Crippen LogP contribution in [0.4, 0.5) is 0 Å². The number of unbranched alkanes of at least 4 members (excludes halogenated alkanes) is 12. The smallest absolute Gasteiger partial charge is 0.0871 e. The molecule has 0 N–H and O–H groups in total. The van der Waals surface area contributed by atoms with Crippen LogP contribution in [0.5, 0.6) is 0 Å². The van der Waals surface area contributed by atoms with Crippen molar-refractivity contribution >= 4 is 7.26 Å². The molecule has 1 unspecified atom stereocenters. The molecule has 0 radical (unpaired) electrons. The van der Waals surface area contributed by atoms with Crippen LogP contribution in [0.15, 0.2) is 43.0 Å². The third kappa shape index (κ3) is 12.1. The van der Waals surface area contributed by atoms with Crippen molar-refractivity contribution in [1.82, 2.24) is 0 Å². The van der Waals surface area contributed by atoms with Gasteiger partial charge in [-0.25, -0.2) is 0 Å². The fraction of sp³-hybridized carbons (Fsp3) is 0.704. The van der Waals surface area contributed by atoms with Crippen molar-refractivity contribution in [3.63, 3.8) is 0 Å². The third-order valence-corrected chi connectivity index (χ3v) is 9.65. The highest BCUT2D eigenvalue weighted by Crippen LogP contribution is 2.60. The van der Waals surface area contributed by atoms with E-state index in [2.05, 4.69) is 63.2 Å². The molecule has 0 aliphatic carbocycles. The van der Waals surface area contributed by atoms with Crippen molar-refractivity contribution in [2.24, 2.45) is 0 Å². The molecule has 0 aromatic heterocycles. The first-order chi connectivity index (χ1) is 13.6. The van der Waals surface area contributed by atoms with Gasteiger partial charge in [0.2, 0.25) is 0 Å². The van der Waals surface area contributed by atoms with Crippen molar-refractivity contribution < 1.29 is 0 Å². The van der Waals surface area contributed by atoms with Crippen LogP contribution in [0.3, 0.4) is 0 Å². The largest absolute Gasteiger partial charge is 0.0992 e. The number of allylic oxidation sites excluding steroid dienone is 1. The molecular weight excluding hydrogens is 355 g/mol. The van der Waals surface area contributed by atoms with Gasteiger partial charge in [-0.1, -0.05) is 127 Å². The Bertz CT molecular complexity index is 476. The van der Waals surface area contributed by atoms with Crippen LogP contribution < -0.4 is 0 Å². The molecule has 0 aliphatic heterocycles. The minimum Gasteiger partial charge on any atom is -0.0992 e. The van der Waals surface area contributed by atoms with Crippen LogP contribution in [0.1, 0.15) is 102 Å². The van der Waals surface area contributed by atoms with Gasteiger partial charge in [-0.05, 0) is 18.4 Å². The zero-order valence-electron chi connectivity index (χ0n) is 19.3. The van der Waals surface area contributed by atoms with E-state index >= 15 is 0 Å². The molecule has 0 saturated heterocycles. The van der Waals surface area contributed by atoms with Gasteiger partial charge < -0.3 is 0 Å².